The number of amides is 1. The number of carbonyl (C=O) groups excluding carboxylic acids is 1. The Morgan fingerprint density at radius 2 is 2.11 bits per heavy atom. The maximum absolute atomic E-state index is 12.4. The molecule has 0 aliphatic heterocycles. The summed E-state index contributed by atoms with van der Waals surface area (Å²) in [4.78, 5) is 23.2. The number of nitrogens with zero attached hydrogens (tertiary/aromatic N) is 3. The third-order valence-corrected chi connectivity index (χ3v) is 4.25. The fraction of sp³-hybridized carbons (Fsp3) is 0.417. The molecule has 2 rings (SSSR count). The van der Waals surface area contributed by atoms with Crippen molar-refractivity contribution in [3.63, 3.8) is 0 Å². The molecule has 19 heavy (non-hydrogen) atoms. The number of anilines is 1. The first kappa shape index (κ1) is 13.7. The first-order valence-electron chi connectivity index (χ1n) is 5.76. The van der Waals surface area contributed by atoms with E-state index >= 15 is 0 Å². The molecule has 0 unspecified atom stereocenters. The van der Waals surface area contributed by atoms with Gasteiger partial charge in [-0.15, -0.1) is 11.3 Å². The van der Waals surface area contributed by atoms with Crippen LogP contribution in [0, 0.1) is 0 Å². The van der Waals surface area contributed by atoms with Gasteiger partial charge < -0.3 is 15.7 Å². The smallest absolute Gasteiger partial charge is 0.266 e. The minimum absolute atomic E-state index is 0.128. The molecule has 0 atom stereocenters. The predicted octanol–water partition coefficient (Wildman–Crippen LogP) is 1.12. The van der Waals surface area contributed by atoms with E-state index in [0.29, 0.717) is 20.9 Å². The zero-order valence-corrected chi connectivity index (χ0v) is 11.9. The van der Waals surface area contributed by atoms with Gasteiger partial charge in [0, 0.05) is 19.4 Å². The molecular formula is C12H16N4O2S. The predicted molar refractivity (Wildman–Crippen MR) is 75.1 cm³/mol. The summed E-state index contributed by atoms with van der Waals surface area (Å²) in [6.07, 6.45) is 3.11. The van der Waals surface area contributed by atoms with E-state index < -0.39 is 5.54 Å². The molecule has 0 aliphatic carbocycles. The quantitative estimate of drug-likeness (QED) is 0.878. The third kappa shape index (κ3) is 2.26. The summed E-state index contributed by atoms with van der Waals surface area (Å²) >= 11 is 1.22. The van der Waals surface area contributed by atoms with Crippen LogP contribution in [0.25, 0.3) is 10.3 Å². The summed E-state index contributed by atoms with van der Waals surface area (Å²) in [5, 5.41) is 9.32. The summed E-state index contributed by atoms with van der Waals surface area (Å²) < 4.78 is 0. The van der Waals surface area contributed by atoms with E-state index in [2.05, 4.69) is 9.97 Å². The van der Waals surface area contributed by atoms with Gasteiger partial charge in [0.1, 0.15) is 15.2 Å². The van der Waals surface area contributed by atoms with Gasteiger partial charge >= 0.3 is 0 Å². The zero-order valence-electron chi connectivity index (χ0n) is 11.0. The second-order valence-corrected chi connectivity index (χ2v) is 5.89. The third-order valence-electron chi connectivity index (χ3n) is 3.16. The van der Waals surface area contributed by atoms with Crippen LogP contribution >= 0.6 is 11.3 Å². The van der Waals surface area contributed by atoms with E-state index in [9.17, 15) is 9.90 Å². The van der Waals surface area contributed by atoms with Gasteiger partial charge in [0.25, 0.3) is 5.91 Å². The molecule has 0 spiro atoms. The number of thiophene rings is 1. The van der Waals surface area contributed by atoms with E-state index in [-0.39, 0.29) is 12.5 Å². The van der Waals surface area contributed by atoms with E-state index in [4.69, 9.17) is 5.73 Å². The van der Waals surface area contributed by atoms with Crippen LogP contribution in [0.3, 0.4) is 0 Å². The fourth-order valence-corrected chi connectivity index (χ4v) is 2.53. The Labute approximate surface area is 114 Å². The number of nitrogens with two attached hydrogens (primary N) is 1. The van der Waals surface area contributed by atoms with Crippen molar-refractivity contribution in [3.8, 4) is 0 Å². The number of rotatable bonds is 3. The summed E-state index contributed by atoms with van der Waals surface area (Å²) in [5.41, 5.74) is 6.20. The molecule has 0 saturated carbocycles. The Morgan fingerprint density at radius 1 is 1.47 bits per heavy atom. The summed E-state index contributed by atoms with van der Waals surface area (Å²) in [6.45, 7) is 3.44. The van der Waals surface area contributed by atoms with Gasteiger partial charge in [0.05, 0.1) is 17.8 Å². The standard InChI is InChI=1S/C12H16N4O2S/c1-12(2,6-17)16(3)11(18)9-7(13)8-10(19-9)15-5-4-14-8/h4-5,17H,6,13H2,1-3H3. The first-order valence-corrected chi connectivity index (χ1v) is 6.58. The van der Waals surface area contributed by atoms with Crippen LogP contribution in [0.15, 0.2) is 12.4 Å². The van der Waals surface area contributed by atoms with Gasteiger partial charge in [-0.3, -0.25) is 4.79 Å². The highest BCUT2D eigenvalue weighted by molar-refractivity contribution is 7.21. The van der Waals surface area contributed by atoms with Crippen LogP contribution in [0.1, 0.15) is 23.5 Å². The molecule has 2 aromatic heterocycles. The normalized spacial score (nSPS) is 11.8. The van der Waals surface area contributed by atoms with Gasteiger partial charge in [-0.25, -0.2) is 9.97 Å². The lowest BCUT2D eigenvalue weighted by Gasteiger charge is -2.33. The van der Waals surface area contributed by atoms with Crippen LogP contribution in [-0.2, 0) is 0 Å². The molecule has 0 aromatic carbocycles. The SMILES string of the molecule is CN(C(=O)c1sc2nccnc2c1N)C(C)(C)CO. The molecule has 0 aliphatic rings. The average molecular weight is 280 g/mol. The molecule has 102 valence electrons. The Morgan fingerprint density at radius 3 is 2.68 bits per heavy atom. The van der Waals surface area contributed by atoms with Crippen molar-refractivity contribution in [1.29, 1.82) is 0 Å². The van der Waals surface area contributed by atoms with Gasteiger partial charge in [-0.2, -0.15) is 0 Å². The number of aliphatic hydroxyl groups excluding tert-OH is 1. The topological polar surface area (TPSA) is 92.3 Å². The Hall–Kier alpha value is -1.73. The van der Waals surface area contributed by atoms with Crippen molar-refractivity contribution in [2.75, 3.05) is 19.4 Å². The van der Waals surface area contributed by atoms with Crippen LogP contribution in [0.4, 0.5) is 5.69 Å². The molecular weight excluding hydrogens is 264 g/mol. The highest BCUT2D eigenvalue weighted by Crippen LogP contribution is 2.32. The molecule has 0 fully saturated rings. The zero-order chi connectivity index (χ0) is 14.2. The number of carbonyl (C=O) groups is 1. The lowest BCUT2D eigenvalue weighted by molar-refractivity contribution is 0.0479. The molecule has 1 amide bonds. The number of hydrogen-bond acceptors (Lipinski definition) is 6. The van der Waals surface area contributed by atoms with Crippen molar-refractivity contribution in [1.82, 2.24) is 14.9 Å². The lowest BCUT2D eigenvalue weighted by atomic mass is 10.0. The minimum atomic E-state index is -0.652. The van der Waals surface area contributed by atoms with Crippen molar-refractivity contribution < 1.29 is 9.90 Å². The molecule has 0 radical (unpaired) electrons. The van der Waals surface area contributed by atoms with Crippen molar-refractivity contribution in [2.45, 2.75) is 19.4 Å². The molecule has 2 aromatic rings. The molecule has 6 nitrogen and oxygen atoms in total. The van der Waals surface area contributed by atoms with Gasteiger partial charge in [-0.05, 0) is 13.8 Å². The number of hydrogen-bond donors (Lipinski definition) is 2. The molecule has 3 N–H and O–H groups in total. The second kappa shape index (κ2) is 4.75. The maximum atomic E-state index is 12.4. The number of nitrogen functional groups attached to an aromatic ring is 1. The summed E-state index contributed by atoms with van der Waals surface area (Å²) in [6, 6.07) is 0. The fourth-order valence-electron chi connectivity index (χ4n) is 1.54. The van der Waals surface area contributed by atoms with Crippen LogP contribution in [0.2, 0.25) is 0 Å². The molecule has 2 heterocycles. The van der Waals surface area contributed by atoms with E-state index in [1.165, 1.54) is 16.2 Å². The second-order valence-electron chi connectivity index (χ2n) is 4.89. The van der Waals surface area contributed by atoms with Gasteiger partial charge in [0.2, 0.25) is 0 Å². The van der Waals surface area contributed by atoms with E-state index in [1.807, 2.05) is 0 Å². The highest BCUT2D eigenvalue weighted by Gasteiger charge is 2.30. The molecule has 7 heteroatoms. The van der Waals surface area contributed by atoms with E-state index in [1.54, 1.807) is 33.3 Å². The van der Waals surface area contributed by atoms with Crippen LogP contribution in [0.5, 0.6) is 0 Å². The average Bonchev–Trinajstić information content (AvgIpc) is 2.75. The molecule has 0 saturated heterocycles. The van der Waals surface area contributed by atoms with E-state index in [0.717, 1.165) is 0 Å². The van der Waals surface area contributed by atoms with Crippen molar-refractivity contribution >= 4 is 33.3 Å². The van der Waals surface area contributed by atoms with Crippen LogP contribution in [-0.4, -0.2) is 45.1 Å². The van der Waals surface area contributed by atoms with Gasteiger partial charge in [0.15, 0.2) is 0 Å². The Bertz CT molecular complexity index is 623. The summed E-state index contributed by atoms with van der Waals surface area (Å²) in [7, 11) is 1.64. The number of likely N-dealkylation sites (N-methyl/N-ethyl adjacent to an activating group) is 1. The number of fused-ring (bicyclic) bond motifs is 1. The van der Waals surface area contributed by atoms with Crippen LogP contribution < -0.4 is 5.73 Å². The summed E-state index contributed by atoms with van der Waals surface area (Å²) in [5.74, 6) is -0.235. The lowest BCUT2D eigenvalue weighted by Crippen LogP contribution is -2.47. The number of aliphatic hydroxyl groups is 1. The van der Waals surface area contributed by atoms with Crippen molar-refractivity contribution in [2.24, 2.45) is 0 Å². The first-order chi connectivity index (χ1) is 8.88. The maximum Gasteiger partial charge on any atom is 0.266 e. The Kier molecular flexibility index (Phi) is 3.42. The van der Waals surface area contributed by atoms with Gasteiger partial charge in [-0.1, -0.05) is 0 Å². The molecule has 0 bridgehead atoms. The monoisotopic (exact) mass is 280 g/mol. The largest absolute Gasteiger partial charge is 0.396 e. The number of aromatic nitrogens is 2. The highest BCUT2D eigenvalue weighted by atomic mass is 32.1. The minimum Gasteiger partial charge on any atom is -0.396 e. The Balaban J connectivity index is 2.45. The van der Waals surface area contributed by atoms with Crippen molar-refractivity contribution in [3.05, 3.63) is 17.3 Å².